The Balaban J connectivity index is 1.36. The van der Waals surface area contributed by atoms with Gasteiger partial charge in [0, 0.05) is 5.56 Å². The molecule has 3 fully saturated rings. The molecule has 1 aromatic rings. The summed E-state index contributed by atoms with van der Waals surface area (Å²) in [6.45, 7) is 12.7. The van der Waals surface area contributed by atoms with Gasteiger partial charge >= 0.3 is 0 Å². The van der Waals surface area contributed by atoms with Gasteiger partial charge in [0.25, 0.3) is 0 Å². The summed E-state index contributed by atoms with van der Waals surface area (Å²) in [6, 6.07) is 0. The lowest BCUT2D eigenvalue weighted by Gasteiger charge is -2.58. The third-order valence-electron chi connectivity index (χ3n) is 10.9. The maximum Gasteiger partial charge on any atom is 0.121 e. The Hall–Kier alpha value is -0.700. The first-order valence-corrected chi connectivity index (χ1v) is 14.8. The number of hydrogen-bond acceptors (Lipinski definition) is 2. The Morgan fingerprint density at radius 2 is 1.91 bits per heavy atom. The van der Waals surface area contributed by atoms with E-state index in [1.54, 1.807) is 5.57 Å². The Morgan fingerprint density at radius 3 is 2.66 bits per heavy atom. The lowest BCUT2D eigenvalue weighted by atomic mass is 9.46. The molecule has 4 aliphatic carbocycles. The molecule has 3 heteroatoms. The molecule has 4 aliphatic rings. The summed E-state index contributed by atoms with van der Waals surface area (Å²) in [5.74, 6) is 5.49. The summed E-state index contributed by atoms with van der Waals surface area (Å²) in [5, 5.41) is 9.20. The number of rotatable bonds is 6. The van der Waals surface area contributed by atoms with Gasteiger partial charge in [0.05, 0.1) is 5.69 Å². The molecule has 2 nitrogen and oxygen atoms in total. The van der Waals surface area contributed by atoms with Crippen molar-refractivity contribution in [3.63, 3.8) is 0 Å². The molecule has 0 unspecified atom stereocenters. The number of thioether (sulfide) groups is 1. The van der Waals surface area contributed by atoms with Crippen LogP contribution in [-0.4, -0.2) is 16.5 Å². The number of aromatic amines is 1. The Kier molecular flexibility index (Phi) is 6.13. The number of fused-ring (bicyclic) bond motifs is 6. The zero-order valence-electron chi connectivity index (χ0n) is 21.5. The molecule has 0 amide bonds. The molecule has 0 aromatic carbocycles. The molecule has 0 aliphatic heterocycles. The van der Waals surface area contributed by atoms with E-state index in [1.807, 2.05) is 11.8 Å². The molecule has 32 heavy (non-hydrogen) atoms. The van der Waals surface area contributed by atoms with E-state index < -0.39 is 0 Å². The summed E-state index contributed by atoms with van der Waals surface area (Å²) >= 11 is 1.81. The average molecular weight is 455 g/mol. The number of allylic oxidation sites excluding steroid dienone is 1. The van der Waals surface area contributed by atoms with Crippen LogP contribution in [0.15, 0.2) is 10.6 Å². The van der Waals surface area contributed by atoms with Crippen molar-refractivity contribution in [3.05, 3.63) is 16.8 Å². The zero-order chi connectivity index (χ0) is 22.7. The highest BCUT2D eigenvalue weighted by molar-refractivity contribution is 7.98. The SMILES string of the molecule is CSc1n[nH]c2c1C[C@@]1(C)C(=C2)CC[C@H]2[C@@H]3CC[C@H]([C@H](C)CCCC(C)C)[C@@]3(C)CC[C@@H]21. The Labute approximate surface area is 201 Å². The third kappa shape index (κ3) is 3.55. The molecule has 0 radical (unpaired) electrons. The normalized spacial score (nSPS) is 39.2. The van der Waals surface area contributed by atoms with Crippen LogP contribution in [0.1, 0.15) is 104 Å². The van der Waals surface area contributed by atoms with Gasteiger partial charge in [-0.15, -0.1) is 11.8 Å². The van der Waals surface area contributed by atoms with E-state index in [9.17, 15) is 0 Å². The van der Waals surface area contributed by atoms with Gasteiger partial charge < -0.3 is 0 Å². The minimum absolute atomic E-state index is 0.354. The van der Waals surface area contributed by atoms with Crippen molar-refractivity contribution in [3.8, 4) is 0 Å². The van der Waals surface area contributed by atoms with Gasteiger partial charge in [-0.2, -0.15) is 5.10 Å². The molecule has 7 atom stereocenters. The second-order valence-corrected chi connectivity index (χ2v) is 13.6. The summed E-state index contributed by atoms with van der Waals surface area (Å²) in [5.41, 5.74) is 5.48. The summed E-state index contributed by atoms with van der Waals surface area (Å²) in [7, 11) is 0. The van der Waals surface area contributed by atoms with Crippen LogP contribution in [0.3, 0.4) is 0 Å². The highest BCUT2D eigenvalue weighted by Crippen LogP contribution is 2.67. The lowest BCUT2D eigenvalue weighted by molar-refractivity contribution is -0.0551. The smallest absolute Gasteiger partial charge is 0.121 e. The minimum Gasteiger partial charge on any atom is -0.277 e. The number of nitrogens with one attached hydrogen (secondary N) is 1. The van der Waals surface area contributed by atoms with E-state index in [-0.39, 0.29) is 0 Å². The van der Waals surface area contributed by atoms with E-state index in [4.69, 9.17) is 0 Å². The zero-order valence-corrected chi connectivity index (χ0v) is 22.3. The van der Waals surface area contributed by atoms with Crippen molar-refractivity contribution in [2.24, 2.45) is 46.3 Å². The molecule has 178 valence electrons. The minimum atomic E-state index is 0.354. The lowest BCUT2D eigenvalue weighted by Crippen LogP contribution is -2.51. The van der Waals surface area contributed by atoms with Gasteiger partial charge in [-0.05, 0) is 104 Å². The molecular formula is C29H46N2S. The first-order valence-electron chi connectivity index (χ1n) is 13.6. The first-order chi connectivity index (χ1) is 15.3. The molecule has 0 bridgehead atoms. The summed E-state index contributed by atoms with van der Waals surface area (Å²) in [6.07, 6.45) is 18.8. The van der Waals surface area contributed by atoms with Gasteiger partial charge in [-0.25, -0.2) is 0 Å². The first kappa shape index (κ1) is 23.1. The van der Waals surface area contributed by atoms with Crippen molar-refractivity contribution in [2.75, 3.05) is 6.26 Å². The predicted molar refractivity (Wildman–Crippen MR) is 138 cm³/mol. The van der Waals surface area contributed by atoms with Crippen molar-refractivity contribution in [2.45, 2.75) is 104 Å². The van der Waals surface area contributed by atoms with Gasteiger partial charge in [0.1, 0.15) is 5.03 Å². The number of H-pyrrole nitrogens is 1. The molecule has 1 N–H and O–H groups in total. The Bertz CT molecular complexity index is 869. The van der Waals surface area contributed by atoms with Crippen LogP contribution in [0.25, 0.3) is 6.08 Å². The fourth-order valence-corrected chi connectivity index (χ4v) is 9.76. The van der Waals surface area contributed by atoms with Gasteiger partial charge in [-0.3, -0.25) is 5.10 Å². The molecule has 0 saturated heterocycles. The van der Waals surface area contributed by atoms with Crippen LogP contribution in [0.4, 0.5) is 0 Å². The van der Waals surface area contributed by atoms with Crippen LogP contribution in [0.2, 0.25) is 0 Å². The van der Waals surface area contributed by atoms with Crippen LogP contribution < -0.4 is 0 Å². The predicted octanol–water partition coefficient (Wildman–Crippen LogP) is 8.39. The van der Waals surface area contributed by atoms with Gasteiger partial charge in [-0.1, -0.05) is 59.5 Å². The van der Waals surface area contributed by atoms with E-state index >= 15 is 0 Å². The van der Waals surface area contributed by atoms with Crippen LogP contribution in [0.5, 0.6) is 0 Å². The van der Waals surface area contributed by atoms with Crippen LogP contribution >= 0.6 is 11.8 Å². The average Bonchev–Trinajstić information content (AvgIpc) is 3.31. The molecule has 0 spiro atoms. The highest BCUT2D eigenvalue weighted by Gasteiger charge is 2.59. The molecule has 3 saturated carbocycles. The van der Waals surface area contributed by atoms with Crippen molar-refractivity contribution < 1.29 is 0 Å². The van der Waals surface area contributed by atoms with E-state index in [0.29, 0.717) is 10.8 Å². The topological polar surface area (TPSA) is 28.7 Å². The molecule has 5 rings (SSSR count). The van der Waals surface area contributed by atoms with E-state index in [1.165, 1.54) is 80.5 Å². The van der Waals surface area contributed by atoms with Gasteiger partial charge in [0.15, 0.2) is 0 Å². The number of aromatic nitrogens is 2. The fraction of sp³-hybridized carbons (Fsp3) is 0.828. The third-order valence-corrected chi connectivity index (χ3v) is 11.6. The van der Waals surface area contributed by atoms with Crippen molar-refractivity contribution >= 4 is 17.8 Å². The van der Waals surface area contributed by atoms with E-state index in [0.717, 1.165) is 35.5 Å². The quantitative estimate of drug-likeness (QED) is 0.437. The second kappa shape index (κ2) is 8.51. The standard InChI is InChI=1S/C29H46N2S/c1-18(2)8-7-9-19(3)23-12-13-24-21-11-10-20-16-26-22(27(32-6)31-30-26)17-29(20,5)25(21)14-15-28(23,24)4/h16,18-19,21,23-25H,7-15,17H2,1-6H3,(H,30,31)/t19-,21+,23-,24+,25+,28-,29+/m1/s1. The second-order valence-electron chi connectivity index (χ2n) is 12.8. The Morgan fingerprint density at radius 1 is 1.09 bits per heavy atom. The van der Waals surface area contributed by atoms with Crippen LogP contribution in [-0.2, 0) is 6.42 Å². The van der Waals surface area contributed by atoms with Crippen LogP contribution in [0, 0.1) is 46.3 Å². The maximum atomic E-state index is 4.63. The fourth-order valence-electron chi connectivity index (χ4n) is 9.19. The molecule has 1 heterocycles. The monoisotopic (exact) mass is 454 g/mol. The van der Waals surface area contributed by atoms with Crippen molar-refractivity contribution in [1.29, 1.82) is 0 Å². The number of nitrogens with zero attached hydrogens (tertiary/aromatic N) is 1. The highest BCUT2D eigenvalue weighted by atomic mass is 32.2. The van der Waals surface area contributed by atoms with E-state index in [2.05, 4.69) is 57.1 Å². The largest absolute Gasteiger partial charge is 0.277 e. The summed E-state index contributed by atoms with van der Waals surface area (Å²) in [4.78, 5) is 0. The maximum absolute atomic E-state index is 4.63. The van der Waals surface area contributed by atoms with Crippen molar-refractivity contribution in [1.82, 2.24) is 10.2 Å². The molecular weight excluding hydrogens is 408 g/mol. The van der Waals surface area contributed by atoms with Gasteiger partial charge in [0.2, 0.25) is 0 Å². The summed E-state index contributed by atoms with van der Waals surface area (Å²) < 4.78 is 0. The molecule has 1 aromatic heterocycles. The number of hydrogen-bond donors (Lipinski definition) is 1.